The van der Waals surface area contributed by atoms with E-state index in [1.165, 1.54) is 11.9 Å². The minimum atomic E-state index is -0.575. The molecule has 0 spiro atoms. The van der Waals surface area contributed by atoms with Gasteiger partial charge in [-0.2, -0.15) is 0 Å². The van der Waals surface area contributed by atoms with E-state index in [0.29, 0.717) is 18.7 Å². The third kappa shape index (κ3) is 7.73. The number of aromatic amines is 1. The lowest BCUT2D eigenvalue weighted by Crippen LogP contribution is -2.35. The Hall–Kier alpha value is -3.51. The summed E-state index contributed by atoms with van der Waals surface area (Å²) in [6.45, 7) is 6.20. The van der Waals surface area contributed by atoms with Crippen LogP contribution in [0, 0.1) is 11.8 Å². The van der Waals surface area contributed by atoms with Gasteiger partial charge >= 0.3 is 0 Å². The van der Waals surface area contributed by atoms with Crippen molar-refractivity contribution in [2.45, 2.75) is 31.8 Å². The largest absolute Gasteiger partial charge is 0.502 e. The normalized spacial score (nSPS) is 15.5. The van der Waals surface area contributed by atoms with Crippen LogP contribution >= 0.6 is 0 Å². The Morgan fingerprint density at radius 2 is 1.76 bits per heavy atom. The Labute approximate surface area is 216 Å². The average molecular weight is 505 g/mol. The van der Waals surface area contributed by atoms with E-state index in [0.717, 1.165) is 49.5 Å². The van der Waals surface area contributed by atoms with Crippen molar-refractivity contribution in [3.63, 3.8) is 0 Å². The molecule has 0 saturated carbocycles. The predicted octanol–water partition coefficient (Wildman–Crippen LogP) is 2.98. The lowest BCUT2D eigenvalue weighted by molar-refractivity contribution is 0.0342. The second-order valence-electron chi connectivity index (χ2n) is 9.35. The zero-order valence-corrected chi connectivity index (χ0v) is 21.0. The molecule has 1 aromatic heterocycles. The van der Waals surface area contributed by atoms with Crippen molar-refractivity contribution in [2.75, 3.05) is 39.5 Å². The monoisotopic (exact) mass is 504 g/mol. The molecule has 1 saturated heterocycles. The molecule has 2 atom stereocenters. The van der Waals surface area contributed by atoms with Gasteiger partial charge in [-0.15, -0.1) is 0 Å². The van der Waals surface area contributed by atoms with Crippen LogP contribution in [0.5, 0.6) is 5.75 Å². The van der Waals surface area contributed by atoms with Crippen molar-refractivity contribution in [1.29, 1.82) is 0 Å². The van der Waals surface area contributed by atoms with Crippen LogP contribution in [0.4, 0.5) is 4.39 Å². The molecule has 0 unspecified atom stereocenters. The van der Waals surface area contributed by atoms with E-state index in [-0.39, 0.29) is 17.7 Å². The molecule has 8 heteroatoms. The third-order valence-corrected chi connectivity index (χ3v) is 6.49. The summed E-state index contributed by atoms with van der Waals surface area (Å²) in [5.74, 6) is 5.94. The molecule has 3 N–H and O–H groups in total. The van der Waals surface area contributed by atoms with Crippen molar-refractivity contribution < 1.29 is 14.2 Å². The number of morpholine rings is 1. The summed E-state index contributed by atoms with van der Waals surface area (Å²) >= 11 is 0. The average Bonchev–Trinajstić information content (AvgIpc) is 2.93. The second kappa shape index (κ2) is 13.2. The number of hydrogen-bond donors (Lipinski definition) is 3. The minimum Gasteiger partial charge on any atom is -0.502 e. The van der Waals surface area contributed by atoms with Gasteiger partial charge in [-0.25, -0.2) is 9.37 Å². The molecule has 0 amide bonds. The van der Waals surface area contributed by atoms with Crippen molar-refractivity contribution in [2.24, 2.45) is 0 Å². The number of aromatic nitrogens is 2. The first kappa shape index (κ1) is 26.6. The van der Waals surface area contributed by atoms with E-state index >= 15 is 0 Å². The highest BCUT2D eigenvalue weighted by Gasteiger charge is 2.18. The van der Waals surface area contributed by atoms with Gasteiger partial charge in [0.25, 0.3) is 5.56 Å². The Kier molecular flexibility index (Phi) is 9.44. The first-order valence-electron chi connectivity index (χ1n) is 12.6. The maximum atomic E-state index is 13.0. The number of nitrogens with one attached hydrogen (secondary N) is 2. The highest BCUT2D eigenvalue weighted by atomic mass is 19.1. The van der Waals surface area contributed by atoms with E-state index in [4.69, 9.17) is 4.74 Å². The van der Waals surface area contributed by atoms with Crippen molar-refractivity contribution in [3.05, 3.63) is 93.2 Å². The molecule has 2 heterocycles. The molecule has 194 valence electrons. The Bertz CT molecular complexity index is 1260. The maximum Gasteiger partial charge on any atom is 0.293 e. The predicted molar refractivity (Wildman–Crippen MR) is 141 cm³/mol. The number of alkyl halides is 1. The van der Waals surface area contributed by atoms with Crippen LogP contribution in [0.25, 0.3) is 0 Å². The Morgan fingerprint density at radius 3 is 2.41 bits per heavy atom. The van der Waals surface area contributed by atoms with Gasteiger partial charge in [0.05, 0.1) is 25.2 Å². The van der Waals surface area contributed by atoms with Crippen molar-refractivity contribution in [3.8, 4) is 17.6 Å². The van der Waals surface area contributed by atoms with Crippen LogP contribution < -0.4 is 10.9 Å². The minimum absolute atomic E-state index is 0.116. The fourth-order valence-corrected chi connectivity index (χ4v) is 4.21. The molecule has 0 aliphatic carbocycles. The van der Waals surface area contributed by atoms with Gasteiger partial charge in [-0.05, 0) is 42.3 Å². The van der Waals surface area contributed by atoms with Crippen molar-refractivity contribution in [1.82, 2.24) is 20.2 Å². The van der Waals surface area contributed by atoms with Crippen LogP contribution in [0.3, 0.4) is 0 Å². The quantitative estimate of drug-likeness (QED) is 0.388. The van der Waals surface area contributed by atoms with Gasteiger partial charge in [0.1, 0.15) is 6.67 Å². The topological polar surface area (TPSA) is 90.5 Å². The Morgan fingerprint density at radius 1 is 1.11 bits per heavy atom. The van der Waals surface area contributed by atoms with Crippen LogP contribution in [-0.2, 0) is 17.7 Å². The van der Waals surface area contributed by atoms with Gasteiger partial charge in [-0.1, -0.05) is 36.1 Å². The van der Waals surface area contributed by atoms with Gasteiger partial charge < -0.3 is 20.1 Å². The van der Waals surface area contributed by atoms with Gasteiger partial charge in [0.15, 0.2) is 0 Å². The van der Waals surface area contributed by atoms with Gasteiger partial charge in [0, 0.05) is 55.7 Å². The van der Waals surface area contributed by atoms with Crippen LogP contribution in [-0.4, -0.2) is 65.5 Å². The van der Waals surface area contributed by atoms with Crippen LogP contribution in [0.15, 0.2) is 59.7 Å². The van der Waals surface area contributed by atoms with E-state index in [1.807, 2.05) is 36.4 Å². The number of H-pyrrole nitrogens is 1. The first-order valence-corrected chi connectivity index (χ1v) is 12.6. The molecule has 0 radical (unpaired) electrons. The number of hydrogen-bond acceptors (Lipinski definition) is 6. The summed E-state index contributed by atoms with van der Waals surface area (Å²) in [6.07, 6.45) is 1.61. The molecular formula is C29H33FN4O3. The lowest BCUT2D eigenvalue weighted by Gasteiger charge is -2.26. The van der Waals surface area contributed by atoms with Crippen molar-refractivity contribution >= 4 is 0 Å². The zero-order valence-electron chi connectivity index (χ0n) is 21.0. The standard InChI is InChI=1S/C29H33FN4O3/c1-21(17-30)31-18-26(16-27-28(35)29(36)33-20-32-27)25-10-8-23(9-11-25)3-2-22-4-6-24(7-5-22)19-34-12-14-37-15-13-34/h4-11,20-21,26,31,35H,12-19H2,1H3,(H,32,33,36)/t21-,26+/m1/s1. The number of rotatable bonds is 9. The zero-order chi connectivity index (χ0) is 26.0. The first-order chi connectivity index (χ1) is 18.0. The highest BCUT2D eigenvalue weighted by Crippen LogP contribution is 2.23. The number of benzene rings is 2. The maximum absolute atomic E-state index is 13.0. The molecular weight excluding hydrogens is 471 g/mol. The lowest BCUT2D eigenvalue weighted by atomic mass is 9.92. The number of halogens is 1. The van der Waals surface area contributed by atoms with Crippen LogP contribution in [0.2, 0.25) is 0 Å². The summed E-state index contributed by atoms with van der Waals surface area (Å²) < 4.78 is 18.4. The molecule has 1 fully saturated rings. The van der Waals surface area contributed by atoms with E-state index in [2.05, 4.69) is 44.2 Å². The summed E-state index contributed by atoms with van der Waals surface area (Å²) in [7, 11) is 0. The third-order valence-electron chi connectivity index (χ3n) is 6.49. The number of ether oxygens (including phenoxy) is 1. The molecule has 1 aliphatic heterocycles. The van der Waals surface area contributed by atoms with Gasteiger partial charge in [-0.3, -0.25) is 9.69 Å². The number of aromatic hydroxyl groups is 1. The van der Waals surface area contributed by atoms with E-state index < -0.39 is 12.2 Å². The molecule has 2 aromatic carbocycles. The molecule has 1 aliphatic rings. The molecule has 4 rings (SSSR count). The SMILES string of the molecule is C[C@H](CF)NC[C@H](Cc1nc[nH]c(=O)c1O)c1ccc(C#Cc2ccc(CN3CCOCC3)cc2)cc1. The highest BCUT2D eigenvalue weighted by molar-refractivity contribution is 5.44. The van der Waals surface area contributed by atoms with Crippen LogP contribution in [0.1, 0.15) is 40.8 Å². The molecule has 37 heavy (non-hydrogen) atoms. The Balaban J connectivity index is 1.43. The summed E-state index contributed by atoms with van der Waals surface area (Å²) in [5.41, 5.74) is 3.81. The van der Waals surface area contributed by atoms with E-state index in [1.54, 1.807) is 6.92 Å². The fraction of sp³-hybridized carbons (Fsp3) is 0.379. The fourth-order valence-electron chi connectivity index (χ4n) is 4.21. The second-order valence-corrected chi connectivity index (χ2v) is 9.35. The van der Waals surface area contributed by atoms with Gasteiger partial charge in [0.2, 0.25) is 5.75 Å². The molecule has 3 aromatic rings. The summed E-state index contributed by atoms with van der Waals surface area (Å²) in [4.78, 5) is 20.7. The summed E-state index contributed by atoms with van der Waals surface area (Å²) in [6, 6.07) is 15.9. The summed E-state index contributed by atoms with van der Waals surface area (Å²) in [5, 5.41) is 13.3. The molecule has 0 bridgehead atoms. The number of nitrogens with zero attached hydrogens (tertiary/aromatic N) is 2. The smallest absolute Gasteiger partial charge is 0.293 e. The molecule has 7 nitrogen and oxygen atoms in total. The van der Waals surface area contributed by atoms with E-state index in [9.17, 15) is 14.3 Å².